The van der Waals surface area contributed by atoms with Crippen LogP contribution in [0, 0.1) is 5.92 Å². The summed E-state index contributed by atoms with van der Waals surface area (Å²) in [6, 6.07) is 0.750. The monoisotopic (exact) mass is 215 g/mol. The van der Waals surface area contributed by atoms with E-state index in [0.717, 1.165) is 0 Å². The zero-order valence-electron chi connectivity index (χ0n) is 11.1. The minimum atomic E-state index is -0.153. The third kappa shape index (κ3) is 4.65. The Bertz CT molecular complexity index is 192. The molecule has 0 aromatic heterocycles. The third-order valence-electron chi connectivity index (χ3n) is 2.37. The molecule has 90 valence electrons. The van der Waals surface area contributed by atoms with Crippen LogP contribution in [0.25, 0.3) is 0 Å². The number of ether oxygens (including phenoxy) is 1. The molecule has 0 bridgehead atoms. The lowest BCUT2D eigenvalue weighted by atomic mass is 10.2. The van der Waals surface area contributed by atoms with Crippen LogP contribution in [0.1, 0.15) is 48.5 Å². The highest BCUT2D eigenvalue weighted by molar-refractivity contribution is 5.71. The van der Waals surface area contributed by atoms with Gasteiger partial charge in [0, 0.05) is 12.1 Å². The summed E-state index contributed by atoms with van der Waals surface area (Å²) in [5, 5.41) is 0. The van der Waals surface area contributed by atoms with Gasteiger partial charge in [0.2, 0.25) is 0 Å². The second-order valence-corrected chi connectivity index (χ2v) is 4.83. The first-order valence-electron chi connectivity index (χ1n) is 5.75. The fourth-order valence-corrected chi connectivity index (χ4v) is 1.80. The average Bonchev–Trinajstić information content (AvgIpc) is 2.01. The average molecular weight is 215 g/mol. The van der Waals surface area contributed by atoms with E-state index in [1.54, 1.807) is 0 Å². The Morgan fingerprint density at radius 1 is 0.933 bits per heavy atom. The molecule has 0 rings (SSSR count). The van der Waals surface area contributed by atoms with Crippen LogP contribution in [-0.4, -0.2) is 29.2 Å². The first-order chi connectivity index (χ1) is 6.77. The van der Waals surface area contributed by atoms with Crippen molar-refractivity contribution in [2.75, 3.05) is 0 Å². The normalized spacial score (nSPS) is 14.1. The van der Waals surface area contributed by atoms with Gasteiger partial charge in [-0.3, -0.25) is 9.69 Å². The van der Waals surface area contributed by atoms with Crippen molar-refractivity contribution >= 4 is 5.97 Å². The second kappa shape index (κ2) is 6.11. The van der Waals surface area contributed by atoms with Gasteiger partial charge in [-0.1, -0.05) is 13.8 Å². The molecular formula is C12H25NO2. The van der Waals surface area contributed by atoms with E-state index in [9.17, 15) is 4.79 Å². The molecule has 0 aromatic carbocycles. The fourth-order valence-electron chi connectivity index (χ4n) is 1.80. The number of carbonyl (C=O) groups excluding carboxylic acids is 1. The standard InChI is InChI=1S/C12H25NO2/c1-8(2)12(14)15-11(7)13(9(3)4)10(5)6/h8-11H,1-7H3. The fraction of sp³-hybridized carbons (Fsp3) is 0.917. The van der Waals surface area contributed by atoms with Gasteiger partial charge in [0.05, 0.1) is 5.92 Å². The van der Waals surface area contributed by atoms with Crippen molar-refractivity contribution in [1.29, 1.82) is 0 Å². The third-order valence-corrected chi connectivity index (χ3v) is 2.37. The molecule has 0 aliphatic carbocycles. The minimum Gasteiger partial charge on any atom is -0.446 e. The zero-order valence-corrected chi connectivity index (χ0v) is 11.1. The first-order valence-corrected chi connectivity index (χ1v) is 5.75. The maximum absolute atomic E-state index is 11.5. The summed E-state index contributed by atoms with van der Waals surface area (Å²) in [6.45, 7) is 14.1. The Hall–Kier alpha value is -0.570. The Kier molecular flexibility index (Phi) is 5.88. The molecule has 3 nitrogen and oxygen atoms in total. The topological polar surface area (TPSA) is 29.5 Å². The molecule has 0 saturated carbocycles. The number of hydrogen-bond donors (Lipinski definition) is 0. The van der Waals surface area contributed by atoms with Gasteiger partial charge in [-0.25, -0.2) is 0 Å². The molecule has 1 unspecified atom stereocenters. The Morgan fingerprint density at radius 3 is 1.60 bits per heavy atom. The van der Waals surface area contributed by atoms with Crippen LogP contribution in [0.4, 0.5) is 0 Å². The van der Waals surface area contributed by atoms with Gasteiger partial charge in [0.1, 0.15) is 0 Å². The van der Waals surface area contributed by atoms with Crippen molar-refractivity contribution < 1.29 is 9.53 Å². The largest absolute Gasteiger partial charge is 0.446 e. The van der Waals surface area contributed by atoms with Crippen LogP contribution < -0.4 is 0 Å². The molecule has 0 N–H and O–H groups in total. The Labute approximate surface area is 93.8 Å². The summed E-state index contributed by atoms with van der Waals surface area (Å²) in [5.41, 5.74) is 0. The van der Waals surface area contributed by atoms with Crippen molar-refractivity contribution in [2.45, 2.75) is 66.8 Å². The summed E-state index contributed by atoms with van der Waals surface area (Å²) in [6.07, 6.45) is -0.153. The van der Waals surface area contributed by atoms with E-state index in [1.165, 1.54) is 0 Å². The van der Waals surface area contributed by atoms with Gasteiger partial charge < -0.3 is 4.74 Å². The molecule has 0 aromatic rings. The van der Waals surface area contributed by atoms with Crippen molar-refractivity contribution in [3.63, 3.8) is 0 Å². The lowest BCUT2D eigenvalue weighted by Gasteiger charge is -2.35. The smallest absolute Gasteiger partial charge is 0.309 e. The molecule has 0 fully saturated rings. The lowest BCUT2D eigenvalue weighted by Crippen LogP contribution is -2.46. The van der Waals surface area contributed by atoms with Crippen molar-refractivity contribution in [3.05, 3.63) is 0 Å². The number of hydrogen-bond acceptors (Lipinski definition) is 3. The summed E-state index contributed by atoms with van der Waals surface area (Å²) in [4.78, 5) is 13.6. The van der Waals surface area contributed by atoms with E-state index < -0.39 is 0 Å². The number of nitrogens with zero attached hydrogens (tertiary/aromatic N) is 1. The van der Waals surface area contributed by atoms with E-state index in [-0.39, 0.29) is 18.1 Å². The summed E-state index contributed by atoms with van der Waals surface area (Å²) < 4.78 is 5.38. The minimum absolute atomic E-state index is 0.0615. The highest BCUT2D eigenvalue weighted by atomic mass is 16.6. The highest BCUT2D eigenvalue weighted by Crippen LogP contribution is 2.13. The van der Waals surface area contributed by atoms with E-state index in [2.05, 4.69) is 32.6 Å². The molecular weight excluding hydrogens is 190 g/mol. The molecule has 3 heteroatoms. The van der Waals surface area contributed by atoms with Crippen LogP contribution in [-0.2, 0) is 9.53 Å². The molecule has 0 amide bonds. The zero-order chi connectivity index (χ0) is 12.2. The van der Waals surface area contributed by atoms with Crippen LogP contribution in [0.15, 0.2) is 0 Å². The summed E-state index contributed by atoms with van der Waals surface area (Å²) >= 11 is 0. The molecule has 0 aliphatic heterocycles. The molecule has 0 heterocycles. The van der Waals surface area contributed by atoms with E-state index in [1.807, 2.05) is 20.8 Å². The van der Waals surface area contributed by atoms with Gasteiger partial charge in [-0.2, -0.15) is 0 Å². The van der Waals surface area contributed by atoms with E-state index in [4.69, 9.17) is 4.74 Å². The van der Waals surface area contributed by atoms with E-state index in [0.29, 0.717) is 12.1 Å². The predicted molar refractivity (Wildman–Crippen MR) is 62.5 cm³/mol. The molecule has 1 atom stereocenters. The van der Waals surface area contributed by atoms with Gasteiger partial charge >= 0.3 is 5.97 Å². The van der Waals surface area contributed by atoms with Gasteiger partial charge in [0.15, 0.2) is 6.23 Å². The summed E-state index contributed by atoms with van der Waals surface area (Å²) in [5.74, 6) is -0.192. The highest BCUT2D eigenvalue weighted by Gasteiger charge is 2.23. The van der Waals surface area contributed by atoms with Crippen molar-refractivity contribution in [3.8, 4) is 0 Å². The van der Waals surface area contributed by atoms with Crippen LogP contribution in [0.2, 0.25) is 0 Å². The number of esters is 1. The maximum Gasteiger partial charge on any atom is 0.309 e. The van der Waals surface area contributed by atoms with Crippen LogP contribution in [0.3, 0.4) is 0 Å². The maximum atomic E-state index is 11.5. The van der Waals surface area contributed by atoms with Crippen LogP contribution in [0.5, 0.6) is 0 Å². The first kappa shape index (κ1) is 14.4. The Balaban J connectivity index is 4.39. The van der Waals surface area contributed by atoms with Crippen LogP contribution >= 0.6 is 0 Å². The molecule has 0 radical (unpaired) electrons. The van der Waals surface area contributed by atoms with E-state index >= 15 is 0 Å². The van der Waals surface area contributed by atoms with Gasteiger partial charge in [-0.05, 0) is 34.6 Å². The Morgan fingerprint density at radius 2 is 1.33 bits per heavy atom. The number of rotatable bonds is 5. The predicted octanol–water partition coefficient (Wildman–Crippen LogP) is 2.65. The van der Waals surface area contributed by atoms with Crippen molar-refractivity contribution in [1.82, 2.24) is 4.90 Å². The second-order valence-electron chi connectivity index (χ2n) is 4.83. The molecule has 15 heavy (non-hydrogen) atoms. The molecule has 0 spiro atoms. The quantitative estimate of drug-likeness (QED) is 0.521. The summed E-state index contributed by atoms with van der Waals surface area (Å²) in [7, 11) is 0. The van der Waals surface area contributed by atoms with Crippen molar-refractivity contribution in [2.24, 2.45) is 5.92 Å². The molecule has 0 aliphatic rings. The van der Waals surface area contributed by atoms with Gasteiger partial charge in [-0.15, -0.1) is 0 Å². The number of carbonyl (C=O) groups is 1. The SMILES string of the molecule is CC(C)C(=O)OC(C)N(C(C)C)C(C)C. The molecule has 0 saturated heterocycles. The lowest BCUT2D eigenvalue weighted by molar-refractivity contribution is -0.165. The van der Waals surface area contributed by atoms with Gasteiger partial charge in [0.25, 0.3) is 0 Å².